The fourth-order valence-corrected chi connectivity index (χ4v) is 2.64. The van der Waals surface area contributed by atoms with E-state index >= 15 is 0 Å². The highest BCUT2D eigenvalue weighted by Gasteiger charge is 2.21. The number of anilines is 1. The Hall–Kier alpha value is -2.41. The molecule has 0 aliphatic rings. The standard InChI is InChI=1S/C16H20FN5O/c1-3-12-20-15(19-9-10-5-4-8-23-10)13-14(17)11(6-7-18)22(2)16(13)21-12/h4-5,8H,3,6-7,9,18H2,1-2H3,(H,19,20,21). The number of hydrogen-bond donors (Lipinski definition) is 2. The van der Waals surface area contributed by atoms with Crippen molar-refractivity contribution in [2.24, 2.45) is 12.8 Å². The molecule has 0 aromatic carbocycles. The largest absolute Gasteiger partial charge is 0.467 e. The minimum Gasteiger partial charge on any atom is -0.467 e. The molecule has 122 valence electrons. The summed E-state index contributed by atoms with van der Waals surface area (Å²) < 4.78 is 21.9. The molecule has 3 heterocycles. The highest BCUT2D eigenvalue weighted by atomic mass is 19.1. The van der Waals surface area contributed by atoms with E-state index in [-0.39, 0.29) is 5.82 Å². The van der Waals surface area contributed by atoms with Gasteiger partial charge in [-0.05, 0) is 18.7 Å². The van der Waals surface area contributed by atoms with Crippen LogP contribution in [0.1, 0.15) is 24.2 Å². The molecule has 0 bridgehead atoms. The van der Waals surface area contributed by atoms with Crippen molar-refractivity contribution < 1.29 is 8.81 Å². The summed E-state index contributed by atoms with van der Waals surface area (Å²) in [5, 5.41) is 3.56. The van der Waals surface area contributed by atoms with Crippen LogP contribution in [0.3, 0.4) is 0 Å². The molecular formula is C16H20FN5O. The predicted molar refractivity (Wildman–Crippen MR) is 86.6 cm³/mol. The molecule has 0 saturated carbocycles. The van der Waals surface area contributed by atoms with Gasteiger partial charge < -0.3 is 20.0 Å². The lowest BCUT2D eigenvalue weighted by atomic mass is 10.2. The number of nitrogens with zero attached hydrogens (tertiary/aromatic N) is 3. The van der Waals surface area contributed by atoms with Crippen LogP contribution in [0, 0.1) is 5.82 Å². The minimum absolute atomic E-state index is 0.308. The average molecular weight is 317 g/mol. The summed E-state index contributed by atoms with van der Waals surface area (Å²) >= 11 is 0. The normalized spacial score (nSPS) is 11.3. The number of furan rings is 1. The molecule has 3 rings (SSSR count). The van der Waals surface area contributed by atoms with Gasteiger partial charge >= 0.3 is 0 Å². The molecule has 0 atom stereocenters. The topological polar surface area (TPSA) is 81.9 Å². The van der Waals surface area contributed by atoms with Crippen LogP contribution in [0.5, 0.6) is 0 Å². The van der Waals surface area contributed by atoms with Gasteiger partial charge in [0, 0.05) is 19.9 Å². The summed E-state index contributed by atoms with van der Waals surface area (Å²) in [5.74, 6) is 1.60. The Morgan fingerprint density at radius 3 is 2.87 bits per heavy atom. The van der Waals surface area contributed by atoms with E-state index in [1.807, 2.05) is 19.1 Å². The molecular weight excluding hydrogens is 297 g/mol. The van der Waals surface area contributed by atoms with Gasteiger partial charge in [-0.3, -0.25) is 0 Å². The Morgan fingerprint density at radius 1 is 1.39 bits per heavy atom. The van der Waals surface area contributed by atoms with Gasteiger partial charge in [0.2, 0.25) is 0 Å². The fourth-order valence-electron chi connectivity index (χ4n) is 2.64. The number of hydrogen-bond acceptors (Lipinski definition) is 5. The molecule has 0 aliphatic heterocycles. The number of nitrogens with one attached hydrogen (secondary N) is 1. The lowest BCUT2D eigenvalue weighted by molar-refractivity contribution is 0.518. The van der Waals surface area contributed by atoms with Crippen molar-refractivity contribution in [3.05, 3.63) is 41.5 Å². The van der Waals surface area contributed by atoms with Crippen molar-refractivity contribution in [2.75, 3.05) is 11.9 Å². The molecule has 0 amide bonds. The van der Waals surface area contributed by atoms with E-state index in [2.05, 4.69) is 15.3 Å². The molecule has 3 N–H and O–H groups in total. The van der Waals surface area contributed by atoms with E-state index in [9.17, 15) is 4.39 Å². The first-order valence-corrected chi connectivity index (χ1v) is 7.65. The highest BCUT2D eigenvalue weighted by Crippen LogP contribution is 2.29. The van der Waals surface area contributed by atoms with Gasteiger partial charge in [-0.1, -0.05) is 6.92 Å². The Labute approximate surface area is 133 Å². The van der Waals surface area contributed by atoms with Gasteiger partial charge in [0.1, 0.15) is 23.0 Å². The zero-order valence-electron chi connectivity index (χ0n) is 13.3. The van der Waals surface area contributed by atoms with E-state index < -0.39 is 0 Å². The number of aryl methyl sites for hydroxylation is 2. The van der Waals surface area contributed by atoms with Gasteiger partial charge in [0.15, 0.2) is 5.82 Å². The van der Waals surface area contributed by atoms with Crippen molar-refractivity contribution in [2.45, 2.75) is 26.3 Å². The van der Waals surface area contributed by atoms with E-state index in [1.165, 1.54) is 0 Å². The third-order valence-corrected chi connectivity index (χ3v) is 3.84. The Morgan fingerprint density at radius 2 is 2.22 bits per heavy atom. The zero-order chi connectivity index (χ0) is 16.4. The first kappa shape index (κ1) is 15.5. The second-order valence-electron chi connectivity index (χ2n) is 5.33. The third-order valence-electron chi connectivity index (χ3n) is 3.84. The van der Waals surface area contributed by atoms with Crippen LogP contribution in [0.15, 0.2) is 22.8 Å². The van der Waals surface area contributed by atoms with E-state index in [4.69, 9.17) is 10.2 Å². The third kappa shape index (κ3) is 2.79. The smallest absolute Gasteiger partial charge is 0.157 e. The number of fused-ring (bicyclic) bond motifs is 1. The highest BCUT2D eigenvalue weighted by molar-refractivity contribution is 5.89. The van der Waals surface area contributed by atoms with Gasteiger partial charge in [-0.25, -0.2) is 14.4 Å². The predicted octanol–water partition coefficient (Wildman–Crippen LogP) is 2.38. The minimum atomic E-state index is -0.308. The lowest BCUT2D eigenvalue weighted by Crippen LogP contribution is -2.08. The molecule has 23 heavy (non-hydrogen) atoms. The summed E-state index contributed by atoms with van der Waals surface area (Å²) in [6.07, 6.45) is 2.73. The SMILES string of the molecule is CCc1nc(NCc2ccco2)c2c(F)c(CCN)n(C)c2n1. The number of rotatable bonds is 6. The quantitative estimate of drug-likeness (QED) is 0.729. The molecule has 6 nitrogen and oxygen atoms in total. The second kappa shape index (κ2) is 6.37. The molecule has 0 radical (unpaired) electrons. The molecule has 3 aromatic rings. The van der Waals surface area contributed by atoms with Crippen LogP contribution < -0.4 is 11.1 Å². The van der Waals surface area contributed by atoms with Gasteiger partial charge in [0.25, 0.3) is 0 Å². The molecule has 0 spiro atoms. The second-order valence-corrected chi connectivity index (χ2v) is 5.33. The summed E-state index contributed by atoms with van der Waals surface area (Å²) in [4.78, 5) is 8.92. The van der Waals surface area contributed by atoms with Crippen LogP contribution in [0.2, 0.25) is 0 Å². The van der Waals surface area contributed by atoms with Crippen LogP contribution in [0.4, 0.5) is 10.2 Å². The maximum absolute atomic E-state index is 14.8. The van der Waals surface area contributed by atoms with Crippen molar-refractivity contribution >= 4 is 16.9 Å². The summed E-state index contributed by atoms with van der Waals surface area (Å²) in [5.41, 5.74) is 6.72. The Kier molecular flexibility index (Phi) is 4.29. The lowest BCUT2D eigenvalue weighted by Gasteiger charge is -2.07. The fraction of sp³-hybridized carbons (Fsp3) is 0.375. The maximum atomic E-state index is 14.8. The summed E-state index contributed by atoms with van der Waals surface area (Å²) in [6.45, 7) is 2.78. The maximum Gasteiger partial charge on any atom is 0.157 e. The zero-order valence-corrected chi connectivity index (χ0v) is 13.3. The van der Waals surface area contributed by atoms with Crippen LogP contribution in [0.25, 0.3) is 11.0 Å². The van der Waals surface area contributed by atoms with E-state index in [1.54, 1.807) is 17.9 Å². The molecule has 0 saturated heterocycles. The van der Waals surface area contributed by atoms with Crippen LogP contribution in [-0.4, -0.2) is 21.1 Å². The van der Waals surface area contributed by atoms with Crippen molar-refractivity contribution in [1.82, 2.24) is 14.5 Å². The first-order chi connectivity index (χ1) is 11.2. The van der Waals surface area contributed by atoms with Gasteiger partial charge in [-0.15, -0.1) is 0 Å². The van der Waals surface area contributed by atoms with E-state index in [0.29, 0.717) is 54.3 Å². The van der Waals surface area contributed by atoms with Crippen LogP contribution in [-0.2, 0) is 26.4 Å². The number of nitrogens with two attached hydrogens (primary N) is 1. The van der Waals surface area contributed by atoms with E-state index in [0.717, 1.165) is 5.76 Å². The Balaban J connectivity index is 2.08. The average Bonchev–Trinajstić information content (AvgIpc) is 3.16. The van der Waals surface area contributed by atoms with Crippen LogP contribution >= 0.6 is 0 Å². The van der Waals surface area contributed by atoms with Crippen molar-refractivity contribution in [1.29, 1.82) is 0 Å². The first-order valence-electron chi connectivity index (χ1n) is 7.65. The summed E-state index contributed by atoms with van der Waals surface area (Å²) in [6, 6.07) is 3.67. The monoisotopic (exact) mass is 317 g/mol. The number of aromatic nitrogens is 3. The summed E-state index contributed by atoms with van der Waals surface area (Å²) in [7, 11) is 1.80. The molecule has 3 aromatic heterocycles. The molecule has 0 unspecified atom stereocenters. The van der Waals surface area contributed by atoms with Crippen molar-refractivity contribution in [3.8, 4) is 0 Å². The molecule has 7 heteroatoms. The molecule has 0 fully saturated rings. The number of halogens is 1. The van der Waals surface area contributed by atoms with Crippen molar-refractivity contribution in [3.63, 3.8) is 0 Å². The molecule has 0 aliphatic carbocycles. The van der Waals surface area contributed by atoms with Gasteiger partial charge in [-0.2, -0.15) is 0 Å². The Bertz CT molecular complexity index is 810. The van der Waals surface area contributed by atoms with Gasteiger partial charge in [0.05, 0.1) is 23.9 Å².